The van der Waals surface area contributed by atoms with E-state index in [9.17, 15) is 0 Å². The second-order valence-electron chi connectivity index (χ2n) is 4.82. The first kappa shape index (κ1) is 13.9. The van der Waals surface area contributed by atoms with Crippen molar-refractivity contribution in [1.82, 2.24) is 0 Å². The van der Waals surface area contributed by atoms with Crippen molar-refractivity contribution in [3.63, 3.8) is 0 Å². The molecule has 0 bridgehead atoms. The summed E-state index contributed by atoms with van der Waals surface area (Å²) < 4.78 is 12.1. The molecule has 2 unspecified atom stereocenters. The highest BCUT2D eigenvalue weighted by Gasteiger charge is 2.46. The summed E-state index contributed by atoms with van der Waals surface area (Å²) in [5.41, 5.74) is 1.55. The zero-order valence-electron chi connectivity index (χ0n) is 11.0. The molecule has 0 aromatic heterocycles. The molecule has 1 saturated heterocycles. The molecule has 1 aliphatic heterocycles. The molecule has 0 amide bonds. The molecule has 1 heterocycles. The average Bonchev–Trinajstić information content (AvgIpc) is 2.83. The van der Waals surface area contributed by atoms with Crippen LogP contribution in [0.15, 0.2) is 48.5 Å². The highest BCUT2D eigenvalue weighted by molar-refractivity contribution is 6.36. The van der Waals surface area contributed by atoms with Gasteiger partial charge in [0, 0.05) is 5.56 Å². The molecule has 2 aromatic rings. The van der Waals surface area contributed by atoms with Crippen LogP contribution < -0.4 is 0 Å². The van der Waals surface area contributed by atoms with Gasteiger partial charge in [-0.05, 0) is 19.1 Å². The fourth-order valence-electron chi connectivity index (χ4n) is 2.48. The number of benzene rings is 2. The Balaban J connectivity index is 2.22. The van der Waals surface area contributed by atoms with Crippen molar-refractivity contribution in [1.29, 1.82) is 0 Å². The van der Waals surface area contributed by atoms with Gasteiger partial charge in [-0.3, -0.25) is 0 Å². The summed E-state index contributed by atoms with van der Waals surface area (Å²) in [5.74, 6) is -1.03. The summed E-state index contributed by atoms with van der Waals surface area (Å²) in [6, 6.07) is 15.1. The largest absolute Gasteiger partial charge is 0.339 e. The van der Waals surface area contributed by atoms with E-state index in [0.29, 0.717) is 22.2 Å². The van der Waals surface area contributed by atoms with E-state index in [2.05, 4.69) is 0 Å². The van der Waals surface area contributed by atoms with Gasteiger partial charge in [0.15, 0.2) is 0 Å². The molecule has 1 aliphatic rings. The number of rotatable bonds is 2. The van der Waals surface area contributed by atoms with Crippen molar-refractivity contribution in [3.05, 3.63) is 69.7 Å². The van der Waals surface area contributed by atoms with Crippen LogP contribution in [0, 0.1) is 0 Å². The third kappa shape index (κ3) is 2.23. The molecular formula is C16H14Cl2O2. The zero-order valence-corrected chi connectivity index (χ0v) is 12.5. The van der Waals surface area contributed by atoms with E-state index < -0.39 is 5.79 Å². The van der Waals surface area contributed by atoms with Crippen LogP contribution in [0.1, 0.15) is 18.1 Å². The molecule has 0 radical (unpaired) electrons. The molecule has 20 heavy (non-hydrogen) atoms. The van der Waals surface area contributed by atoms with Crippen LogP contribution in [-0.2, 0) is 15.3 Å². The van der Waals surface area contributed by atoms with Gasteiger partial charge in [-0.1, -0.05) is 59.6 Å². The highest BCUT2D eigenvalue weighted by Crippen LogP contribution is 2.46. The van der Waals surface area contributed by atoms with Crippen LogP contribution in [0.3, 0.4) is 0 Å². The van der Waals surface area contributed by atoms with Crippen molar-refractivity contribution in [3.8, 4) is 0 Å². The van der Waals surface area contributed by atoms with Crippen LogP contribution in [0.5, 0.6) is 0 Å². The average molecular weight is 309 g/mol. The van der Waals surface area contributed by atoms with E-state index in [1.807, 2.05) is 43.3 Å². The van der Waals surface area contributed by atoms with Crippen molar-refractivity contribution >= 4 is 23.2 Å². The Hall–Kier alpha value is -1.06. The number of hydrogen-bond donors (Lipinski definition) is 0. The third-order valence-electron chi connectivity index (χ3n) is 3.33. The summed E-state index contributed by atoms with van der Waals surface area (Å²) in [6.07, 6.45) is -0.0254. The minimum atomic E-state index is -1.03. The molecule has 2 nitrogen and oxygen atoms in total. The first-order valence-electron chi connectivity index (χ1n) is 6.45. The molecule has 0 aliphatic carbocycles. The van der Waals surface area contributed by atoms with Gasteiger partial charge in [-0.15, -0.1) is 0 Å². The Labute approximate surface area is 128 Å². The molecule has 0 N–H and O–H groups in total. The number of halogens is 2. The Bertz CT molecular complexity index is 595. The van der Waals surface area contributed by atoms with E-state index in [-0.39, 0.29) is 6.10 Å². The van der Waals surface area contributed by atoms with Gasteiger partial charge in [0.25, 0.3) is 0 Å². The van der Waals surface area contributed by atoms with E-state index in [1.54, 1.807) is 12.1 Å². The van der Waals surface area contributed by atoms with Crippen molar-refractivity contribution in [2.75, 3.05) is 6.61 Å². The van der Waals surface area contributed by atoms with E-state index in [0.717, 1.165) is 5.56 Å². The minimum absolute atomic E-state index is 0.0254. The normalized spacial score (nSPS) is 25.9. The molecule has 0 saturated carbocycles. The lowest BCUT2D eigenvalue weighted by molar-refractivity contribution is -0.140. The Morgan fingerprint density at radius 1 is 1.00 bits per heavy atom. The predicted octanol–water partition coefficient (Wildman–Crippen LogP) is 4.63. The summed E-state index contributed by atoms with van der Waals surface area (Å²) in [4.78, 5) is 0. The lowest BCUT2D eigenvalue weighted by Crippen LogP contribution is -2.30. The van der Waals surface area contributed by atoms with Gasteiger partial charge >= 0.3 is 0 Å². The maximum absolute atomic E-state index is 6.35. The maximum Gasteiger partial charge on any atom is 0.225 e. The predicted molar refractivity (Wildman–Crippen MR) is 80.2 cm³/mol. The minimum Gasteiger partial charge on any atom is -0.339 e. The molecule has 4 heteroatoms. The van der Waals surface area contributed by atoms with Crippen molar-refractivity contribution < 1.29 is 9.47 Å². The SMILES string of the molecule is CC1COC(c2ccccc2)(c2c(Cl)cccc2Cl)O1. The van der Waals surface area contributed by atoms with Crippen molar-refractivity contribution in [2.45, 2.75) is 18.8 Å². The van der Waals surface area contributed by atoms with Gasteiger partial charge in [0.05, 0.1) is 28.3 Å². The standard InChI is InChI=1S/C16H14Cl2O2/c1-11-10-19-16(20-11,12-6-3-2-4-7-12)15-13(17)8-5-9-14(15)18/h2-9,11H,10H2,1H3. The van der Waals surface area contributed by atoms with Crippen LogP contribution >= 0.6 is 23.2 Å². The molecular weight excluding hydrogens is 295 g/mol. The molecule has 104 valence electrons. The Kier molecular flexibility index (Phi) is 3.74. The van der Waals surface area contributed by atoms with Gasteiger partial charge in [-0.25, -0.2) is 0 Å². The monoisotopic (exact) mass is 308 g/mol. The fourth-order valence-corrected chi connectivity index (χ4v) is 3.13. The lowest BCUT2D eigenvalue weighted by atomic mass is 9.97. The molecule has 1 fully saturated rings. The second-order valence-corrected chi connectivity index (χ2v) is 5.63. The fraction of sp³-hybridized carbons (Fsp3) is 0.250. The van der Waals surface area contributed by atoms with E-state index in [1.165, 1.54) is 0 Å². The summed E-state index contributed by atoms with van der Waals surface area (Å²) in [6.45, 7) is 2.46. The first-order valence-corrected chi connectivity index (χ1v) is 7.21. The Morgan fingerprint density at radius 2 is 1.65 bits per heavy atom. The highest BCUT2D eigenvalue weighted by atomic mass is 35.5. The van der Waals surface area contributed by atoms with Gasteiger partial charge in [0.1, 0.15) is 0 Å². The van der Waals surface area contributed by atoms with Gasteiger partial charge in [0.2, 0.25) is 5.79 Å². The van der Waals surface area contributed by atoms with Crippen molar-refractivity contribution in [2.24, 2.45) is 0 Å². The van der Waals surface area contributed by atoms with Crippen LogP contribution in [-0.4, -0.2) is 12.7 Å². The zero-order chi connectivity index (χ0) is 14.2. The molecule has 2 atom stereocenters. The third-order valence-corrected chi connectivity index (χ3v) is 3.96. The van der Waals surface area contributed by atoms with Gasteiger partial charge < -0.3 is 9.47 Å². The summed E-state index contributed by atoms with van der Waals surface area (Å²) in [7, 11) is 0. The lowest BCUT2D eigenvalue weighted by Gasteiger charge is -2.30. The Morgan fingerprint density at radius 3 is 2.20 bits per heavy atom. The topological polar surface area (TPSA) is 18.5 Å². The van der Waals surface area contributed by atoms with Crippen LogP contribution in [0.2, 0.25) is 10.0 Å². The summed E-state index contributed by atoms with van der Waals surface area (Å²) in [5, 5.41) is 1.07. The molecule has 0 spiro atoms. The van der Waals surface area contributed by atoms with Gasteiger partial charge in [-0.2, -0.15) is 0 Å². The second kappa shape index (κ2) is 5.38. The number of ether oxygens (including phenoxy) is 2. The van der Waals surface area contributed by atoms with Crippen LogP contribution in [0.25, 0.3) is 0 Å². The molecule has 3 rings (SSSR count). The summed E-state index contributed by atoms with van der Waals surface area (Å²) >= 11 is 12.7. The first-order chi connectivity index (χ1) is 9.63. The molecule has 2 aromatic carbocycles. The maximum atomic E-state index is 6.35. The number of hydrogen-bond acceptors (Lipinski definition) is 2. The van der Waals surface area contributed by atoms with Crippen LogP contribution in [0.4, 0.5) is 0 Å². The smallest absolute Gasteiger partial charge is 0.225 e. The quantitative estimate of drug-likeness (QED) is 0.805. The van der Waals surface area contributed by atoms with E-state index >= 15 is 0 Å². The van der Waals surface area contributed by atoms with E-state index in [4.69, 9.17) is 32.7 Å².